The van der Waals surface area contributed by atoms with E-state index in [-0.39, 0.29) is 5.56 Å². The summed E-state index contributed by atoms with van der Waals surface area (Å²) in [7, 11) is -4.74. The zero-order chi connectivity index (χ0) is 21.8. The highest BCUT2D eigenvalue weighted by Gasteiger charge is 2.26. The lowest BCUT2D eigenvalue weighted by atomic mass is 10.1. The Morgan fingerprint density at radius 1 is 1.00 bits per heavy atom. The van der Waals surface area contributed by atoms with Crippen LogP contribution in [0.2, 0.25) is 0 Å². The van der Waals surface area contributed by atoms with Crippen molar-refractivity contribution in [2.45, 2.75) is 37.5 Å². The van der Waals surface area contributed by atoms with Gasteiger partial charge in [0.1, 0.15) is 5.75 Å². The quantitative estimate of drug-likeness (QED) is 0.692. The molecular formula is C19H20F2N2O5S. The van der Waals surface area contributed by atoms with Crippen molar-refractivity contribution in [2.24, 2.45) is 0 Å². The molecule has 1 atom stereocenters. The normalized spacial score (nSPS) is 12.3. The maximum absolute atomic E-state index is 12.5. The predicted molar refractivity (Wildman–Crippen MR) is 101 cm³/mol. The van der Waals surface area contributed by atoms with E-state index in [0.29, 0.717) is 5.75 Å². The molecule has 29 heavy (non-hydrogen) atoms. The van der Waals surface area contributed by atoms with Gasteiger partial charge in [0.15, 0.2) is 6.10 Å². The Bertz CT molecular complexity index is 1010. The fourth-order valence-corrected chi connectivity index (χ4v) is 3.01. The van der Waals surface area contributed by atoms with Gasteiger partial charge in [-0.15, -0.1) is 0 Å². The monoisotopic (exact) mass is 426 g/mol. The van der Waals surface area contributed by atoms with Gasteiger partial charge in [-0.2, -0.15) is 8.78 Å². The van der Waals surface area contributed by atoms with Crippen molar-refractivity contribution in [3.8, 4) is 5.75 Å². The third-order valence-electron chi connectivity index (χ3n) is 4.21. The number of sulfone groups is 1. The van der Waals surface area contributed by atoms with Gasteiger partial charge < -0.3 is 4.74 Å². The first-order valence-electron chi connectivity index (χ1n) is 8.49. The molecule has 2 rings (SSSR count). The summed E-state index contributed by atoms with van der Waals surface area (Å²) in [6.45, 7) is 5.27. The average molecular weight is 426 g/mol. The third kappa shape index (κ3) is 5.29. The van der Waals surface area contributed by atoms with Gasteiger partial charge in [0, 0.05) is 5.56 Å². The molecule has 0 radical (unpaired) electrons. The number of ether oxygens (including phenoxy) is 1. The molecule has 0 bridgehead atoms. The zero-order valence-corrected chi connectivity index (χ0v) is 16.7. The minimum Gasteiger partial charge on any atom is -0.481 e. The van der Waals surface area contributed by atoms with E-state index in [1.165, 1.54) is 6.92 Å². The van der Waals surface area contributed by atoms with Crippen molar-refractivity contribution in [1.82, 2.24) is 10.9 Å². The predicted octanol–water partition coefficient (Wildman–Crippen LogP) is 2.53. The lowest BCUT2D eigenvalue weighted by Crippen LogP contribution is -2.47. The van der Waals surface area contributed by atoms with Crippen LogP contribution in [0, 0.1) is 13.8 Å². The van der Waals surface area contributed by atoms with Crippen molar-refractivity contribution >= 4 is 21.7 Å². The second kappa shape index (κ2) is 8.99. The topological polar surface area (TPSA) is 102 Å². The summed E-state index contributed by atoms with van der Waals surface area (Å²) in [6.07, 6.45) is -0.908. The molecule has 2 amide bonds. The van der Waals surface area contributed by atoms with Crippen LogP contribution < -0.4 is 15.6 Å². The highest BCUT2D eigenvalue weighted by molar-refractivity contribution is 7.91. The summed E-state index contributed by atoms with van der Waals surface area (Å²) in [5, 5.41) is 0. The van der Waals surface area contributed by atoms with E-state index in [2.05, 4.69) is 10.9 Å². The molecule has 0 fully saturated rings. The molecule has 0 aliphatic rings. The number of benzene rings is 2. The smallest absolute Gasteiger partial charge is 0.341 e. The summed E-state index contributed by atoms with van der Waals surface area (Å²) in [5.41, 5.74) is 6.21. The second-order valence-electron chi connectivity index (χ2n) is 6.23. The lowest BCUT2D eigenvalue weighted by Gasteiger charge is -2.17. The van der Waals surface area contributed by atoms with Crippen LogP contribution in [0.25, 0.3) is 0 Å². The van der Waals surface area contributed by atoms with E-state index in [0.717, 1.165) is 35.4 Å². The summed E-state index contributed by atoms with van der Waals surface area (Å²) in [6, 6.07) is 9.33. The molecule has 2 N–H and O–H groups in total. The van der Waals surface area contributed by atoms with Gasteiger partial charge in [-0.05, 0) is 62.2 Å². The summed E-state index contributed by atoms with van der Waals surface area (Å²) < 4.78 is 53.4. The first-order valence-corrected chi connectivity index (χ1v) is 10.0. The molecule has 2 aromatic carbocycles. The molecule has 0 spiro atoms. The van der Waals surface area contributed by atoms with Crippen LogP contribution in [0.5, 0.6) is 5.75 Å². The maximum Gasteiger partial charge on any atom is 0.341 e. The van der Waals surface area contributed by atoms with Gasteiger partial charge in [0.25, 0.3) is 11.8 Å². The van der Waals surface area contributed by atoms with Crippen molar-refractivity contribution < 1.29 is 31.5 Å². The number of hydrazine groups is 1. The van der Waals surface area contributed by atoms with Gasteiger partial charge in [-0.25, -0.2) is 8.42 Å². The molecule has 0 aliphatic heterocycles. The lowest BCUT2D eigenvalue weighted by molar-refractivity contribution is -0.128. The molecule has 0 aliphatic carbocycles. The van der Waals surface area contributed by atoms with E-state index in [1.54, 1.807) is 12.1 Å². The molecule has 156 valence electrons. The SMILES string of the molecule is Cc1cccc(O[C@@H](C)C(=O)NNC(=O)c2ccc(S(=O)(=O)C(F)F)cc2)c1C. The van der Waals surface area contributed by atoms with E-state index < -0.39 is 38.4 Å². The van der Waals surface area contributed by atoms with E-state index in [9.17, 15) is 26.8 Å². The Balaban J connectivity index is 1.96. The Hall–Kier alpha value is -3.01. The molecule has 0 saturated heterocycles. The average Bonchev–Trinajstić information content (AvgIpc) is 2.69. The minimum absolute atomic E-state index is 0.0263. The number of nitrogens with one attached hydrogen (secondary N) is 2. The number of hydrogen-bond donors (Lipinski definition) is 2. The van der Waals surface area contributed by atoms with Gasteiger partial charge in [-0.1, -0.05) is 12.1 Å². The van der Waals surface area contributed by atoms with Gasteiger partial charge in [-0.3, -0.25) is 20.4 Å². The summed E-state index contributed by atoms with van der Waals surface area (Å²) in [5.74, 6) is -4.38. The molecule has 0 unspecified atom stereocenters. The van der Waals surface area contributed by atoms with Crippen molar-refractivity contribution in [3.05, 3.63) is 59.2 Å². The van der Waals surface area contributed by atoms with Gasteiger partial charge >= 0.3 is 5.76 Å². The zero-order valence-electron chi connectivity index (χ0n) is 15.9. The number of amides is 2. The number of halogens is 2. The molecule has 0 heterocycles. The molecular weight excluding hydrogens is 406 g/mol. The number of hydrogen-bond acceptors (Lipinski definition) is 5. The third-order valence-corrected chi connectivity index (χ3v) is 5.61. The van der Waals surface area contributed by atoms with Crippen LogP contribution >= 0.6 is 0 Å². The molecule has 0 saturated carbocycles. The fourth-order valence-electron chi connectivity index (χ4n) is 2.29. The number of carbonyl (C=O) groups excluding carboxylic acids is 2. The summed E-state index contributed by atoms with van der Waals surface area (Å²) in [4.78, 5) is 23.6. The van der Waals surface area contributed by atoms with Crippen molar-refractivity contribution in [3.63, 3.8) is 0 Å². The standard InChI is InChI=1S/C19H20F2N2O5S/c1-11-5-4-6-16(12(11)2)28-13(3)17(24)22-23-18(25)14-7-9-15(10-8-14)29(26,27)19(20)21/h4-10,13,19H,1-3H3,(H,22,24)(H,23,25)/t13-/m0/s1. The number of alkyl halides is 2. The van der Waals surface area contributed by atoms with Gasteiger partial charge in [0.05, 0.1) is 4.90 Å². The molecule has 10 heteroatoms. The van der Waals surface area contributed by atoms with Crippen molar-refractivity contribution in [1.29, 1.82) is 0 Å². The Kier molecular flexibility index (Phi) is 6.91. The Morgan fingerprint density at radius 3 is 2.21 bits per heavy atom. The largest absolute Gasteiger partial charge is 0.481 e. The second-order valence-corrected chi connectivity index (χ2v) is 8.15. The Morgan fingerprint density at radius 2 is 1.62 bits per heavy atom. The van der Waals surface area contributed by atoms with Crippen molar-refractivity contribution in [2.75, 3.05) is 0 Å². The van der Waals surface area contributed by atoms with Crippen LogP contribution in [-0.2, 0) is 14.6 Å². The highest BCUT2D eigenvalue weighted by Crippen LogP contribution is 2.22. The Labute approximate surface area is 167 Å². The number of aryl methyl sites for hydroxylation is 1. The first-order chi connectivity index (χ1) is 13.5. The maximum atomic E-state index is 12.5. The van der Waals surface area contributed by atoms with E-state index in [4.69, 9.17) is 4.74 Å². The molecule has 2 aromatic rings. The summed E-state index contributed by atoms with van der Waals surface area (Å²) >= 11 is 0. The van der Waals surface area contributed by atoms with Crippen LogP contribution in [0.4, 0.5) is 8.78 Å². The fraction of sp³-hybridized carbons (Fsp3) is 0.263. The van der Waals surface area contributed by atoms with E-state index in [1.807, 2.05) is 19.9 Å². The highest BCUT2D eigenvalue weighted by atomic mass is 32.2. The van der Waals surface area contributed by atoms with Gasteiger partial charge in [0.2, 0.25) is 9.84 Å². The number of rotatable bonds is 6. The van der Waals surface area contributed by atoms with Crippen LogP contribution in [0.15, 0.2) is 47.4 Å². The van der Waals surface area contributed by atoms with Crippen LogP contribution in [0.3, 0.4) is 0 Å². The molecule has 7 nitrogen and oxygen atoms in total. The van der Waals surface area contributed by atoms with Crippen LogP contribution in [-0.4, -0.2) is 32.1 Å². The molecule has 0 aromatic heterocycles. The van der Waals surface area contributed by atoms with E-state index >= 15 is 0 Å². The minimum atomic E-state index is -4.74. The van der Waals surface area contributed by atoms with Crippen LogP contribution in [0.1, 0.15) is 28.4 Å². The number of carbonyl (C=O) groups is 2. The first kappa shape index (κ1) is 22.3.